The average molecular weight is 495 g/mol. The number of piperazine rings is 1. The second-order valence-corrected chi connectivity index (χ2v) is 9.22. The zero-order valence-electron chi connectivity index (χ0n) is 20.2. The minimum atomic E-state index is -0.350. The highest BCUT2D eigenvalue weighted by molar-refractivity contribution is 6.33. The molecule has 3 aromatic rings. The summed E-state index contributed by atoms with van der Waals surface area (Å²) in [5, 5.41) is 4.46. The number of carbonyl (C=O) groups excluding carboxylic acids is 1. The number of aromatic nitrogens is 2. The van der Waals surface area contributed by atoms with Crippen molar-refractivity contribution in [2.75, 3.05) is 37.7 Å². The molecule has 1 fully saturated rings. The molecule has 1 saturated heterocycles. The Morgan fingerprint density at radius 3 is 2.51 bits per heavy atom. The van der Waals surface area contributed by atoms with Gasteiger partial charge in [0.15, 0.2) is 0 Å². The molecule has 1 aliphatic rings. The summed E-state index contributed by atoms with van der Waals surface area (Å²) in [7, 11) is 0. The van der Waals surface area contributed by atoms with Crippen LogP contribution in [0.4, 0.5) is 5.69 Å². The third-order valence-electron chi connectivity index (χ3n) is 6.26. The molecule has 1 aliphatic heterocycles. The highest BCUT2D eigenvalue weighted by atomic mass is 35.5. The zero-order chi connectivity index (χ0) is 24.8. The number of aryl methyl sites for hydroxylation is 2. The van der Waals surface area contributed by atoms with Crippen molar-refractivity contribution in [1.82, 2.24) is 14.7 Å². The fraction of sp³-hybridized carbons (Fsp3) is 0.370. The highest BCUT2D eigenvalue weighted by Crippen LogP contribution is 2.23. The number of unbranched alkanes of at least 4 members (excludes halogenated alkanes) is 1. The van der Waals surface area contributed by atoms with Crippen molar-refractivity contribution in [2.45, 2.75) is 33.1 Å². The number of para-hydroxylation sites is 1. The van der Waals surface area contributed by atoms with E-state index in [1.165, 1.54) is 10.2 Å². The molecule has 0 N–H and O–H groups in total. The lowest BCUT2D eigenvalue weighted by Gasteiger charge is -2.36. The molecule has 35 heavy (non-hydrogen) atoms. The van der Waals surface area contributed by atoms with E-state index in [1.807, 2.05) is 60.0 Å². The Kier molecular flexibility index (Phi) is 8.08. The predicted octanol–water partition coefficient (Wildman–Crippen LogP) is 4.40. The first-order valence-electron chi connectivity index (χ1n) is 12.0. The van der Waals surface area contributed by atoms with Crippen LogP contribution in [0.2, 0.25) is 5.02 Å². The van der Waals surface area contributed by atoms with Crippen molar-refractivity contribution in [3.63, 3.8) is 0 Å². The van der Waals surface area contributed by atoms with Crippen LogP contribution in [0.5, 0.6) is 5.75 Å². The van der Waals surface area contributed by atoms with Crippen LogP contribution in [0.15, 0.2) is 59.5 Å². The molecule has 0 aliphatic carbocycles. The first-order chi connectivity index (χ1) is 16.9. The second-order valence-electron chi connectivity index (χ2n) is 8.84. The van der Waals surface area contributed by atoms with Gasteiger partial charge < -0.3 is 14.5 Å². The number of ether oxygens (including phenoxy) is 1. The van der Waals surface area contributed by atoms with Crippen LogP contribution >= 0.6 is 11.6 Å². The fourth-order valence-electron chi connectivity index (χ4n) is 4.18. The number of hydrogen-bond acceptors (Lipinski definition) is 5. The van der Waals surface area contributed by atoms with Crippen LogP contribution < -0.4 is 15.2 Å². The lowest BCUT2D eigenvalue weighted by Crippen LogP contribution is -2.49. The summed E-state index contributed by atoms with van der Waals surface area (Å²) in [6.07, 6.45) is 3.76. The van der Waals surface area contributed by atoms with Gasteiger partial charge in [0.05, 0.1) is 24.2 Å². The normalized spacial score (nSPS) is 13.7. The fourth-order valence-corrected chi connectivity index (χ4v) is 4.42. The average Bonchev–Trinajstić information content (AvgIpc) is 2.88. The molecule has 2 aromatic carbocycles. The van der Waals surface area contributed by atoms with E-state index in [4.69, 9.17) is 16.3 Å². The Hall–Kier alpha value is -3.32. The molecule has 0 atom stereocenters. The van der Waals surface area contributed by atoms with Gasteiger partial charge in [0.25, 0.3) is 5.56 Å². The summed E-state index contributed by atoms with van der Waals surface area (Å²) in [6, 6.07) is 15.4. The topological polar surface area (TPSA) is 67.7 Å². The van der Waals surface area contributed by atoms with E-state index in [2.05, 4.69) is 17.2 Å². The number of anilines is 1. The number of hydrogen-bond donors (Lipinski definition) is 0. The quantitative estimate of drug-likeness (QED) is 0.434. The Labute approximate surface area is 210 Å². The smallest absolute Gasteiger partial charge is 0.292 e. The lowest BCUT2D eigenvalue weighted by molar-refractivity contribution is -0.131. The molecule has 184 valence electrons. The van der Waals surface area contributed by atoms with Crippen LogP contribution in [0.3, 0.4) is 0 Å². The van der Waals surface area contributed by atoms with Gasteiger partial charge in [-0.2, -0.15) is 9.78 Å². The van der Waals surface area contributed by atoms with Crippen LogP contribution in [0.25, 0.3) is 5.69 Å². The van der Waals surface area contributed by atoms with Gasteiger partial charge in [-0.3, -0.25) is 9.59 Å². The number of amides is 1. The Bertz CT molecular complexity index is 1220. The van der Waals surface area contributed by atoms with Crippen LogP contribution in [0.1, 0.15) is 30.4 Å². The third-order valence-corrected chi connectivity index (χ3v) is 6.62. The molecule has 1 amide bonds. The van der Waals surface area contributed by atoms with Gasteiger partial charge in [-0.1, -0.05) is 41.9 Å². The maximum Gasteiger partial charge on any atom is 0.292 e. The zero-order valence-corrected chi connectivity index (χ0v) is 21.0. The van der Waals surface area contributed by atoms with Crippen molar-refractivity contribution in [2.24, 2.45) is 0 Å². The van der Waals surface area contributed by atoms with Gasteiger partial charge in [-0.15, -0.1) is 0 Å². The highest BCUT2D eigenvalue weighted by Gasteiger charge is 2.24. The molecule has 4 rings (SSSR count). The van der Waals surface area contributed by atoms with Crippen molar-refractivity contribution in [3.8, 4) is 11.4 Å². The summed E-state index contributed by atoms with van der Waals surface area (Å²) in [6.45, 7) is 7.09. The maximum atomic E-state index is 12.8. The molecule has 0 radical (unpaired) electrons. The van der Waals surface area contributed by atoms with Crippen LogP contribution in [0, 0.1) is 13.8 Å². The summed E-state index contributed by atoms with van der Waals surface area (Å²) >= 11 is 6.43. The third kappa shape index (κ3) is 6.03. The SMILES string of the molecule is Cc1ccc(C)c(OCCCCC(=O)N2CCN(c3cnn(-c4ccccc4)c(=O)c3Cl)CC2)c1. The minimum Gasteiger partial charge on any atom is -0.493 e. The predicted molar refractivity (Wildman–Crippen MR) is 139 cm³/mol. The number of carbonyl (C=O) groups is 1. The summed E-state index contributed by atoms with van der Waals surface area (Å²) < 4.78 is 7.19. The molecule has 8 heteroatoms. The molecule has 2 heterocycles. The number of rotatable bonds is 8. The lowest BCUT2D eigenvalue weighted by atomic mass is 10.1. The van der Waals surface area contributed by atoms with Crippen molar-refractivity contribution >= 4 is 23.2 Å². The van der Waals surface area contributed by atoms with E-state index < -0.39 is 0 Å². The van der Waals surface area contributed by atoms with E-state index in [-0.39, 0.29) is 16.5 Å². The van der Waals surface area contributed by atoms with E-state index in [0.29, 0.717) is 50.6 Å². The molecular formula is C27H31ClN4O3. The Morgan fingerprint density at radius 2 is 1.77 bits per heavy atom. The molecule has 0 bridgehead atoms. The molecular weight excluding hydrogens is 464 g/mol. The monoisotopic (exact) mass is 494 g/mol. The minimum absolute atomic E-state index is 0.146. The van der Waals surface area contributed by atoms with E-state index >= 15 is 0 Å². The van der Waals surface area contributed by atoms with Gasteiger partial charge in [0.1, 0.15) is 10.8 Å². The van der Waals surface area contributed by atoms with Gasteiger partial charge in [-0.25, -0.2) is 0 Å². The van der Waals surface area contributed by atoms with Crippen molar-refractivity contribution < 1.29 is 9.53 Å². The molecule has 0 saturated carbocycles. The first kappa shape index (κ1) is 24.8. The van der Waals surface area contributed by atoms with Gasteiger partial charge in [0.2, 0.25) is 5.91 Å². The molecule has 1 aromatic heterocycles. The number of benzene rings is 2. The molecule has 7 nitrogen and oxygen atoms in total. The van der Waals surface area contributed by atoms with E-state index in [0.717, 1.165) is 24.2 Å². The van der Waals surface area contributed by atoms with Gasteiger partial charge >= 0.3 is 0 Å². The maximum absolute atomic E-state index is 12.8. The number of nitrogens with zero attached hydrogens (tertiary/aromatic N) is 4. The van der Waals surface area contributed by atoms with Gasteiger partial charge in [0, 0.05) is 32.6 Å². The molecule has 0 spiro atoms. The van der Waals surface area contributed by atoms with E-state index in [1.54, 1.807) is 6.20 Å². The van der Waals surface area contributed by atoms with Gasteiger partial charge in [-0.05, 0) is 56.0 Å². The second kappa shape index (κ2) is 11.4. The van der Waals surface area contributed by atoms with E-state index in [9.17, 15) is 9.59 Å². The Morgan fingerprint density at radius 1 is 1.03 bits per heavy atom. The van der Waals surface area contributed by atoms with Crippen LogP contribution in [-0.4, -0.2) is 53.4 Å². The number of halogens is 1. The standard InChI is InChI=1S/C27H31ClN4O3/c1-20-11-12-21(2)24(18-20)35-17-7-6-10-25(33)31-15-13-30(14-16-31)23-19-29-32(27(34)26(23)28)22-8-4-3-5-9-22/h3-5,8-9,11-12,18-19H,6-7,10,13-17H2,1-2H3. The van der Waals surface area contributed by atoms with Crippen LogP contribution in [-0.2, 0) is 4.79 Å². The Balaban J connectivity index is 1.24. The first-order valence-corrected chi connectivity index (χ1v) is 12.4. The van der Waals surface area contributed by atoms with Crippen molar-refractivity contribution in [1.29, 1.82) is 0 Å². The summed E-state index contributed by atoms with van der Waals surface area (Å²) in [5.41, 5.74) is 3.23. The largest absolute Gasteiger partial charge is 0.493 e. The summed E-state index contributed by atoms with van der Waals surface area (Å²) in [4.78, 5) is 29.3. The van der Waals surface area contributed by atoms with Crippen molar-refractivity contribution in [3.05, 3.63) is 81.2 Å². The summed E-state index contributed by atoms with van der Waals surface area (Å²) in [5.74, 6) is 1.07. The molecule has 0 unspecified atom stereocenters.